The van der Waals surface area contributed by atoms with Crippen LogP contribution >= 0.6 is 0 Å². The Kier molecular flexibility index (Phi) is 13.0. The van der Waals surface area contributed by atoms with Crippen molar-refractivity contribution in [3.05, 3.63) is 0 Å². The number of aliphatic hydroxyl groups excluding tert-OH is 1. The molecule has 0 aliphatic rings. The van der Waals surface area contributed by atoms with Gasteiger partial charge in [0.25, 0.3) is 6.26 Å². The van der Waals surface area contributed by atoms with E-state index in [4.69, 9.17) is 15.6 Å². The standard InChI is InChI=1S/C5H10O3.CHNO/c1-2-3-4-5(6)8-7;2-1-3/h7H,2-4H2,1H3;3H. The molecule has 0 radical (unpaired) electrons. The second-order valence-electron chi connectivity index (χ2n) is 1.67. The first-order chi connectivity index (χ1) is 5.22. The van der Waals surface area contributed by atoms with Crippen LogP contribution in [0.5, 0.6) is 0 Å². The van der Waals surface area contributed by atoms with Gasteiger partial charge in [-0.25, -0.2) is 4.79 Å². The zero-order chi connectivity index (χ0) is 9.11. The summed E-state index contributed by atoms with van der Waals surface area (Å²) in [5.74, 6) is -0.549. The van der Waals surface area contributed by atoms with E-state index in [0.717, 1.165) is 19.1 Å². The quantitative estimate of drug-likeness (QED) is 0.366. The normalized spacial score (nSPS) is 7.00. The number of rotatable bonds is 3. The summed E-state index contributed by atoms with van der Waals surface area (Å²) in [6, 6.07) is 0. The van der Waals surface area contributed by atoms with Crippen molar-refractivity contribution in [2.24, 2.45) is 0 Å². The second kappa shape index (κ2) is 11.5. The molecule has 0 heterocycles. The highest BCUT2D eigenvalue weighted by Gasteiger charge is 1.97. The molecule has 0 unspecified atom stereocenters. The number of hydrogen-bond acceptors (Lipinski definition) is 5. The van der Waals surface area contributed by atoms with Crippen LogP contribution in [0, 0.1) is 11.5 Å². The Hall–Kier alpha value is -1.28. The summed E-state index contributed by atoms with van der Waals surface area (Å²) in [4.78, 5) is 13.5. The lowest BCUT2D eigenvalue weighted by atomic mass is 10.3. The topological polar surface area (TPSA) is 90.5 Å². The van der Waals surface area contributed by atoms with Crippen molar-refractivity contribution in [2.45, 2.75) is 26.2 Å². The van der Waals surface area contributed by atoms with Gasteiger partial charge in [0.2, 0.25) is 0 Å². The number of carbonyl (C=O) groups excluding carboxylic acids is 1. The number of carbonyl (C=O) groups is 1. The Morgan fingerprint density at radius 2 is 2.18 bits per heavy atom. The molecule has 11 heavy (non-hydrogen) atoms. The summed E-state index contributed by atoms with van der Waals surface area (Å²) in [7, 11) is 0. The fourth-order valence-electron chi connectivity index (χ4n) is 0.367. The number of hydrogen-bond donors (Lipinski definition) is 2. The van der Waals surface area contributed by atoms with E-state index in [2.05, 4.69) is 4.89 Å². The predicted octanol–water partition coefficient (Wildman–Crippen LogP) is 1.03. The van der Waals surface area contributed by atoms with Gasteiger partial charge in [-0.3, -0.25) is 0 Å². The lowest BCUT2D eigenvalue weighted by Crippen LogP contribution is -1.98. The third-order valence-electron chi connectivity index (χ3n) is 0.836. The van der Waals surface area contributed by atoms with E-state index in [9.17, 15) is 4.79 Å². The van der Waals surface area contributed by atoms with Crippen LogP contribution in [-0.2, 0) is 9.68 Å². The lowest BCUT2D eigenvalue weighted by Gasteiger charge is -1.90. The zero-order valence-electron chi connectivity index (χ0n) is 6.28. The average molecular weight is 161 g/mol. The van der Waals surface area contributed by atoms with E-state index in [0.29, 0.717) is 6.42 Å². The van der Waals surface area contributed by atoms with Gasteiger partial charge in [-0.2, -0.15) is 10.5 Å². The minimum Gasteiger partial charge on any atom is -0.443 e. The largest absolute Gasteiger partial charge is 0.443 e. The van der Waals surface area contributed by atoms with E-state index in [1.165, 1.54) is 0 Å². The van der Waals surface area contributed by atoms with E-state index in [1.54, 1.807) is 0 Å². The molecule has 0 saturated heterocycles. The first-order valence-electron chi connectivity index (χ1n) is 3.10. The molecule has 0 amide bonds. The molecule has 0 atom stereocenters. The van der Waals surface area contributed by atoms with Gasteiger partial charge >= 0.3 is 5.97 Å². The molecule has 0 aromatic carbocycles. The molecule has 0 fully saturated rings. The smallest absolute Gasteiger partial charge is 0.342 e. The van der Waals surface area contributed by atoms with Crippen molar-refractivity contribution in [3.8, 4) is 6.26 Å². The fourth-order valence-corrected chi connectivity index (χ4v) is 0.367. The first kappa shape index (κ1) is 12.4. The lowest BCUT2D eigenvalue weighted by molar-refractivity contribution is -0.234. The predicted molar refractivity (Wildman–Crippen MR) is 35.8 cm³/mol. The molecule has 2 N–H and O–H groups in total. The van der Waals surface area contributed by atoms with Crippen molar-refractivity contribution in [3.63, 3.8) is 0 Å². The Balaban J connectivity index is 0. The molecule has 5 nitrogen and oxygen atoms in total. The fraction of sp³-hybridized carbons (Fsp3) is 0.667. The molecule has 5 heteroatoms. The van der Waals surface area contributed by atoms with Crippen molar-refractivity contribution in [1.29, 1.82) is 5.26 Å². The molecule has 0 spiro atoms. The van der Waals surface area contributed by atoms with Crippen LogP contribution in [0.25, 0.3) is 0 Å². The maximum Gasteiger partial charge on any atom is 0.342 e. The van der Waals surface area contributed by atoms with Gasteiger partial charge in [-0.05, 0) is 6.42 Å². The third kappa shape index (κ3) is 17.7. The number of nitrogens with zero attached hydrogens (tertiary/aromatic N) is 1. The summed E-state index contributed by atoms with van der Waals surface area (Å²) in [6.45, 7) is 1.96. The monoisotopic (exact) mass is 161 g/mol. The molecule has 64 valence electrons. The van der Waals surface area contributed by atoms with Crippen LogP contribution in [0.15, 0.2) is 0 Å². The number of nitriles is 1. The van der Waals surface area contributed by atoms with Gasteiger partial charge in [0.05, 0.1) is 0 Å². The molecule has 0 rings (SSSR count). The van der Waals surface area contributed by atoms with Crippen molar-refractivity contribution >= 4 is 5.97 Å². The van der Waals surface area contributed by atoms with Crippen molar-refractivity contribution in [1.82, 2.24) is 0 Å². The van der Waals surface area contributed by atoms with Gasteiger partial charge in [0.15, 0.2) is 0 Å². The van der Waals surface area contributed by atoms with E-state index in [1.807, 2.05) is 6.92 Å². The zero-order valence-corrected chi connectivity index (χ0v) is 6.28. The Labute approximate surface area is 64.8 Å². The van der Waals surface area contributed by atoms with Crippen LogP contribution < -0.4 is 0 Å². The molecule has 0 bridgehead atoms. The van der Waals surface area contributed by atoms with Crippen LogP contribution in [0.3, 0.4) is 0 Å². The van der Waals surface area contributed by atoms with Crippen molar-refractivity contribution in [2.75, 3.05) is 0 Å². The minimum atomic E-state index is -0.549. The van der Waals surface area contributed by atoms with Gasteiger partial charge in [0, 0.05) is 6.42 Å². The number of unbranched alkanes of at least 4 members (excludes halogenated alkanes) is 1. The van der Waals surface area contributed by atoms with Gasteiger partial charge in [0.1, 0.15) is 0 Å². The minimum absolute atomic E-state index is 0.312. The highest BCUT2D eigenvalue weighted by molar-refractivity contribution is 5.68. The Morgan fingerprint density at radius 3 is 2.45 bits per heavy atom. The highest BCUT2D eigenvalue weighted by atomic mass is 17.1. The second-order valence-corrected chi connectivity index (χ2v) is 1.67. The number of aliphatic hydroxyl groups is 1. The molecular weight excluding hydrogens is 150 g/mol. The van der Waals surface area contributed by atoms with Crippen LogP contribution in [0.1, 0.15) is 26.2 Å². The average Bonchev–Trinajstić information content (AvgIpc) is 2.02. The SMILES string of the molecule is CCCCC(=O)OO.N#CO. The Morgan fingerprint density at radius 1 is 1.73 bits per heavy atom. The van der Waals surface area contributed by atoms with Crippen LogP contribution in [0.4, 0.5) is 0 Å². The van der Waals surface area contributed by atoms with Crippen LogP contribution in [0.2, 0.25) is 0 Å². The van der Waals surface area contributed by atoms with E-state index >= 15 is 0 Å². The molecule has 0 aromatic rings. The molecule has 0 saturated carbocycles. The molecule has 0 aromatic heterocycles. The van der Waals surface area contributed by atoms with Gasteiger partial charge < -0.3 is 9.99 Å². The summed E-state index contributed by atoms with van der Waals surface area (Å²) in [5, 5.41) is 21.5. The highest BCUT2D eigenvalue weighted by Crippen LogP contribution is 1.93. The summed E-state index contributed by atoms with van der Waals surface area (Å²) in [6.07, 6.45) is 2.78. The van der Waals surface area contributed by atoms with Gasteiger partial charge in [-0.1, -0.05) is 13.3 Å². The molecular formula is C6H11NO4. The van der Waals surface area contributed by atoms with E-state index in [-0.39, 0.29) is 0 Å². The first-order valence-corrected chi connectivity index (χ1v) is 3.10. The molecule has 0 aliphatic carbocycles. The summed E-state index contributed by atoms with van der Waals surface area (Å²) < 4.78 is 0. The Bertz CT molecular complexity index is 129. The van der Waals surface area contributed by atoms with E-state index < -0.39 is 5.97 Å². The molecule has 0 aliphatic heterocycles. The summed E-state index contributed by atoms with van der Waals surface area (Å²) in [5.41, 5.74) is 0. The maximum atomic E-state index is 10.1. The summed E-state index contributed by atoms with van der Waals surface area (Å²) >= 11 is 0. The maximum absolute atomic E-state index is 10.1. The third-order valence-corrected chi connectivity index (χ3v) is 0.836. The van der Waals surface area contributed by atoms with Gasteiger partial charge in [-0.15, -0.1) is 0 Å². The van der Waals surface area contributed by atoms with Crippen molar-refractivity contribution < 1.29 is 20.0 Å². The van der Waals surface area contributed by atoms with Crippen LogP contribution in [-0.4, -0.2) is 16.3 Å².